The van der Waals surface area contributed by atoms with Crippen molar-refractivity contribution in [3.8, 4) is 5.75 Å². The zero-order chi connectivity index (χ0) is 12.3. The highest BCUT2D eigenvalue weighted by Gasteiger charge is 2.16. The number of phenolic OH excluding ortho intramolecular Hbond substituents is 1. The van der Waals surface area contributed by atoms with Gasteiger partial charge in [-0.05, 0) is 31.0 Å². The van der Waals surface area contributed by atoms with Crippen LogP contribution in [0.5, 0.6) is 5.75 Å². The molecule has 1 fully saturated rings. The van der Waals surface area contributed by atoms with E-state index in [2.05, 4.69) is 5.32 Å². The summed E-state index contributed by atoms with van der Waals surface area (Å²) in [5, 5.41) is 13.9. The lowest BCUT2D eigenvalue weighted by Crippen LogP contribution is -2.21. The van der Waals surface area contributed by atoms with Crippen molar-refractivity contribution < 1.29 is 5.11 Å². The van der Waals surface area contributed by atoms with Crippen LogP contribution in [0.15, 0.2) is 12.1 Å². The van der Waals surface area contributed by atoms with Crippen molar-refractivity contribution in [3.05, 3.63) is 27.7 Å². The first-order valence-electron chi connectivity index (χ1n) is 6.04. The highest BCUT2D eigenvalue weighted by atomic mass is 35.5. The van der Waals surface area contributed by atoms with Crippen molar-refractivity contribution in [2.45, 2.75) is 32.2 Å². The van der Waals surface area contributed by atoms with Gasteiger partial charge in [0.05, 0.1) is 5.02 Å². The van der Waals surface area contributed by atoms with Crippen LogP contribution in [0.3, 0.4) is 0 Å². The van der Waals surface area contributed by atoms with Crippen LogP contribution in [-0.4, -0.2) is 11.7 Å². The highest BCUT2D eigenvalue weighted by Crippen LogP contribution is 2.31. The summed E-state index contributed by atoms with van der Waals surface area (Å²) < 4.78 is 0. The van der Waals surface area contributed by atoms with Crippen molar-refractivity contribution in [3.63, 3.8) is 0 Å². The van der Waals surface area contributed by atoms with E-state index >= 15 is 0 Å². The summed E-state index contributed by atoms with van der Waals surface area (Å²) in [5.41, 5.74) is 0.760. The molecule has 1 aliphatic rings. The predicted molar refractivity (Wildman–Crippen MR) is 71.8 cm³/mol. The minimum atomic E-state index is 0.132. The molecule has 0 saturated heterocycles. The summed E-state index contributed by atoms with van der Waals surface area (Å²) in [7, 11) is 0. The van der Waals surface area contributed by atoms with E-state index in [4.69, 9.17) is 23.2 Å². The molecule has 0 unspecified atom stereocenters. The van der Waals surface area contributed by atoms with Gasteiger partial charge < -0.3 is 10.4 Å². The van der Waals surface area contributed by atoms with Gasteiger partial charge in [-0.2, -0.15) is 0 Å². The molecule has 2 N–H and O–H groups in total. The number of nitrogens with one attached hydrogen (secondary N) is 1. The number of phenols is 1. The minimum absolute atomic E-state index is 0.132. The Morgan fingerprint density at radius 3 is 2.71 bits per heavy atom. The topological polar surface area (TPSA) is 32.3 Å². The van der Waals surface area contributed by atoms with E-state index in [0.29, 0.717) is 16.6 Å². The van der Waals surface area contributed by atoms with Crippen molar-refractivity contribution in [1.82, 2.24) is 5.32 Å². The van der Waals surface area contributed by atoms with Crippen molar-refractivity contribution in [2.75, 3.05) is 6.54 Å². The number of hydrogen-bond donors (Lipinski definition) is 2. The van der Waals surface area contributed by atoms with Gasteiger partial charge in [-0.25, -0.2) is 0 Å². The molecule has 0 aliphatic heterocycles. The van der Waals surface area contributed by atoms with E-state index in [0.717, 1.165) is 18.0 Å². The number of aromatic hydroxyl groups is 1. The van der Waals surface area contributed by atoms with Crippen molar-refractivity contribution in [1.29, 1.82) is 0 Å². The largest absolute Gasteiger partial charge is 0.506 e. The standard InChI is InChI=1S/C13H17Cl2NO/c14-11-6-10(13(17)12(15)7-11)8-16-5-4-9-2-1-3-9/h6-7,9,16-17H,1-5,8H2. The van der Waals surface area contributed by atoms with Gasteiger partial charge >= 0.3 is 0 Å². The maximum Gasteiger partial charge on any atom is 0.138 e. The quantitative estimate of drug-likeness (QED) is 0.796. The van der Waals surface area contributed by atoms with Crippen LogP contribution in [0.25, 0.3) is 0 Å². The summed E-state index contributed by atoms with van der Waals surface area (Å²) in [6.45, 7) is 1.59. The van der Waals surface area contributed by atoms with Crippen LogP contribution in [0.2, 0.25) is 10.0 Å². The molecular formula is C13H17Cl2NO. The molecule has 0 atom stereocenters. The first-order valence-corrected chi connectivity index (χ1v) is 6.80. The Labute approximate surface area is 112 Å². The lowest BCUT2D eigenvalue weighted by molar-refractivity contribution is 0.292. The van der Waals surface area contributed by atoms with E-state index in [1.807, 2.05) is 0 Å². The van der Waals surface area contributed by atoms with E-state index in [1.165, 1.54) is 25.7 Å². The highest BCUT2D eigenvalue weighted by molar-refractivity contribution is 6.35. The molecule has 4 heteroatoms. The van der Waals surface area contributed by atoms with Gasteiger partial charge in [-0.1, -0.05) is 42.5 Å². The van der Waals surface area contributed by atoms with Gasteiger partial charge in [0, 0.05) is 17.1 Å². The average Bonchev–Trinajstić information content (AvgIpc) is 2.21. The lowest BCUT2D eigenvalue weighted by Gasteiger charge is -2.25. The second kappa shape index (κ2) is 5.94. The first-order chi connectivity index (χ1) is 8.16. The minimum Gasteiger partial charge on any atom is -0.506 e. The van der Waals surface area contributed by atoms with Gasteiger partial charge in [0.1, 0.15) is 5.75 Å². The Kier molecular flexibility index (Phi) is 4.55. The third-order valence-electron chi connectivity index (χ3n) is 3.38. The molecule has 0 bridgehead atoms. The second-order valence-corrected chi connectivity index (χ2v) is 5.50. The molecule has 2 rings (SSSR count). The summed E-state index contributed by atoms with van der Waals surface area (Å²) >= 11 is 11.7. The van der Waals surface area contributed by atoms with Crippen LogP contribution in [0, 0.1) is 5.92 Å². The van der Waals surface area contributed by atoms with Crippen molar-refractivity contribution >= 4 is 23.2 Å². The normalized spacial score (nSPS) is 15.9. The number of rotatable bonds is 5. The van der Waals surface area contributed by atoms with Gasteiger partial charge in [0.15, 0.2) is 0 Å². The fourth-order valence-electron chi connectivity index (χ4n) is 2.06. The molecule has 94 valence electrons. The van der Waals surface area contributed by atoms with E-state index < -0.39 is 0 Å². The zero-order valence-corrected chi connectivity index (χ0v) is 11.2. The van der Waals surface area contributed by atoms with Crippen LogP contribution < -0.4 is 5.32 Å². The van der Waals surface area contributed by atoms with E-state index in [-0.39, 0.29) is 5.75 Å². The predicted octanol–water partition coefficient (Wildman–Crippen LogP) is 3.98. The monoisotopic (exact) mass is 273 g/mol. The fraction of sp³-hybridized carbons (Fsp3) is 0.538. The Morgan fingerprint density at radius 2 is 2.06 bits per heavy atom. The smallest absolute Gasteiger partial charge is 0.138 e. The molecule has 1 aliphatic carbocycles. The van der Waals surface area contributed by atoms with Crippen LogP contribution >= 0.6 is 23.2 Å². The maximum absolute atomic E-state index is 9.76. The molecule has 1 saturated carbocycles. The number of halogens is 2. The van der Waals surface area contributed by atoms with Crippen LogP contribution in [0.4, 0.5) is 0 Å². The Bertz CT molecular complexity index is 391. The zero-order valence-electron chi connectivity index (χ0n) is 9.68. The SMILES string of the molecule is Oc1c(Cl)cc(Cl)cc1CNCCC1CCC1. The fourth-order valence-corrected chi connectivity index (χ4v) is 2.60. The lowest BCUT2D eigenvalue weighted by atomic mass is 9.83. The molecule has 0 radical (unpaired) electrons. The first kappa shape index (κ1) is 13.0. The van der Waals surface area contributed by atoms with Gasteiger partial charge in [0.25, 0.3) is 0 Å². The Balaban J connectivity index is 1.81. The molecular weight excluding hydrogens is 257 g/mol. The summed E-state index contributed by atoms with van der Waals surface area (Å²) in [4.78, 5) is 0. The van der Waals surface area contributed by atoms with E-state index in [9.17, 15) is 5.11 Å². The molecule has 0 aromatic heterocycles. The van der Waals surface area contributed by atoms with Crippen molar-refractivity contribution in [2.24, 2.45) is 5.92 Å². The van der Waals surface area contributed by atoms with Gasteiger partial charge in [-0.15, -0.1) is 0 Å². The summed E-state index contributed by atoms with van der Waals surface area (Å²) in [6, 6.07) is 3.30. The summed E-state index contributed by atoms with van der Waals surface area (Å²) in [6.07, 6.45) is 5.34. The molecule has 0 spiro atoms. The molecule has 0 amide bonds. The summed E-state index contributed by atoms with van der Waals surface area (Å²) in [5.74, 6) is 1.03. The third kappa shape index (κ3) is 3.51. The number of benzene rings is 1. The molecule has 17 heavy (non-hydrogen) atoms. The van der Waals surface area contributed by atoms with Gasteiger partial charge in [-0.3, -0.25) is 0 Å². The van der Waals surface area contributed by atoms with Gasteiger partial charge in [0.2, 0.25) is 0 Å². The second-order valence-electron chi connectivity index (χ2n) is 4.66. The molecule has 2 nitrogen and oxygen atoms in total. The Hall–Kier alpha value is -0.440. The number of hydrogen-bond acceptors (Lipinski definition) is 2. The Morgan fingerprint density at radius 1 is 1.29 bits per heavy atom. The van der Waals surface area contributed by atoms with Crippen LogP contribution in [-0.2, 0) is 6.54 Å². The van der Waals surface area contributed by atoms with Crippen LogP contribution in [0.1, 0.15) is 31.2 Å². The third-order valence-corrected chi connectivity index (χ3v) is 3.88. The molecule has 0 heterocycles. The molecule has 1 aromatic carbocycles. The maximum atomic E-state index is 9.76. The molecule has 1 aromatic rings. The van der Waals surface area contributed by atoms with E-state index in [1.54, 1.807) is 12.1 Å². The average molecular weight is 274 g/mol.